The number of carboxylic acid groups (broad SMARTS) is 1. The van der Waals surface area contributed by atoms with E-state index >= 15 is 0 Å². The molecule has 2 atom stereocenters. The minimum Gasteiger partial charge on any atom is -0.481 e. The SMILES string of the molecule is CC(C)CC(NC(=O)CN1CCCC(CC(=O)O)C1)c1ccccc1.Cl. The molecule has 0 spiro atoms. The predicted molar refractivity (Wildman–Crippen MR) is 105 cm³/mol. The lowest BCUT2D eigenvalue weighted by Crippen LogP contribution is -2.43. The van der Waals surface area contributed by atoms with Crippen molar-refractivity contribution in [3.63, 3.8) is 0 Å². The summed E-state index contributed by atoms with van der Waals surface area (Å²) in [5, 5.41) is 12.1. The molecule has 0 saturated carbocycles. The van der Waals surface area contributed by atoms with Crippen molar-refractivity contribution in [1.82, 2.24) is 10.2 Å². The van der Waals surface area contributed by atoms with Crippen molar-refractivity contribution in [3.8, 4) is 0 Å². The highest BCUT2D eigenvalue weighted by Gasteiger charge is 2.24. The molecule has 2 unspecified atom stereocenters. The normalized spacial score (nSPS) is 18.8. The second kappa shape index (κ2) is 11.2. The lowest BCUT2D eigenvalue weighted by Gasteiger charge is -2.32. The van der Waals surface area contributed by atoms with Gasteiger partial charge in [-0.1, -0.05) is 44.2 Å². The maximum Gasteiger partial charge on any atom is 0.303 e. The van der Waals surface area contributed by atoms with Gasteiger partial charge < -0.3 is 10.4 Å². The van der Waals surface area contributed by atoms with E-state index in [1.165, 1.54) is 0 Å². The van der Waals surface area contributed by atoms with Crippen LogP contribution >= 0.6 is 12.4 Å². The van der Waals surface area contributed by atoms with E-state index < -0.39 is 5.97 Å². The van der Waals surface area contributed by atoms with Crippen molar-refractivity contribution in [3.05, 3.63) is 35.9 Å². The first kappa shape index (κ1) is 22.5. The first-order chi connectivity index (χ1) is 11.9. The van der Waals surface area contributed by atoms with Gasteiger partial charge in [-0.15, -0.1) is 12.4 Å². The van der Waals surface area contributed by atoms with Crippen LogP contribution in [0.3, 0.4) is 0 Å². The third-order valence-electron chi connectivity index (χ3n) is 4.68. The fourth-order valence-corrected chi connectivity index (χ4v) is 3.59. The van der Waals surface area contributed by atoms with Gasteiger partial charge in [-0.2, -0.15) is 0 Å². The van der Waals surface area contributed by atoms with Crippen molar-refractivity contribution in [1.29, 1.82) is 0 Å². The first-order valence-corrected chi connectivity index (χ1v) is 9.22. The molecule has 1 fully saturated rings. The van der Waals surface area contributed by atoms with Crippen LogP contribution in [0.1, 0.15) is 51.1 Å². The number of carboxylic acids is 1. The second-order valence-electron chi connectivity index (χ2n) is 7.50. The summed E-state index contributed by atoms with van der Waals surface area (Å²) >= 11 is 0. The number of piperidine rings is 1. The van der Waals surface area contributed by atoms with Crippen molar-refractivity contribution in [2.45, 2.75) is 45.6 Å². The highest BCUT2D eigenvalue weighted by Crippen LogP contribution is 2.22. The van der Waals surface area contributed by atoms with Crippen molar-refractivity contribution in [2.24, 2.45) is 11.8 Å². The summed E-state index contributed by atoms with van der Waals surface area (Å²) in [4.78, 5) is 25.5. The van der Waals surface area contributed by atoms with Crippen molar-refractivity contribution in [2.75, 3.05) is 19.6 Å². The number of likely N-dealkylation sites (tertiary alicyclic amines) is 1. The molecule has 1 aliphatic rings. The van der Waals surface area contributed by atoms with E-state index in [2.05, 4.69) is 36.2 Å². The van der Waals surface area contributed by atoms with Gasteiger partial charge >= 0.3 is 5.97 Å². The average Bonchev–Trinajstić information content (AvgIpc) is 2.54. The summed E-state index contributed by atoms with van der Waals surface area (Å²) in [6, 6.07) is 10.1. The zero-order valence-corrected chi connectivity index (χ0v) is 16.5. The van der Waals surface area contributed by atoms with E-state index in [1.54, 1.807) is 0 Å². The molecule has 0 aromatic heterocycles. The number of nitrogens with one attached hydrogen (secondary N) is 1. The van der Waals surface area contributed by atoms with E-state index in [0.29, 0.717) is 19.0 Å². The quantitative estimate of drug-likeness (QED) is 0.722. The topological polar surface area (TPSA) is 69.6 Å². The van der Waals surface area contributed by atoms with E-state index in [4.69, 9.17) is 5.11 Å². The van der Waals surface area contributed by atoms with Gasteiger partial charge in [-0.05, 0) is 43.2 Å². The van der Waals surface area contributed by atoms with E-state index in [1.807, 2.05) is 18.2 Å². The van der Waals surface area contributed by atoms with Gasteiger partial charge in [-0.3, -0.25) is 14.5 Å². The number of carbonyl (C=O) groups is 2. The molecule has 146 valence electrons. The second-order valence-corrected chi connectivity index (χ2v) is 7.50. The summed E-state index contributed by atoms with van der Waals surface area (Å²) in [5.74, 6) is -0.0945. The Bertz CT molecular complexity index is 565. The van der Waals surface area contributed by atoms with Crippen LogP contribution in [0, 0.1) is 11.8 Å². The maximum absolute atomic E-state index is 12.5. The van der Waals surface area contributed by atoms with Crippen LogP contribution in [0.5, 0.6) is 0 Å². The van der Waals surface area contributed by atoms with Crippen molar-refractivity contribution < 1.29 is 14.7 Å². The zero-order valence-electron chi connectivity index (χ0n) is 15.7. The largest absolute Gasteiger partial charge is 0.481 e. The third kappa shape index (κ3) is 7.75. The van der Waals surface area contributed by atoms with Crippen LogP contribution < -0.4 is 5.32 Å². The van der Waals surface area contributed by atoms with Crippen molar-refractivity contribution >= 4 is 24.3 Å². The Morgan fingerprint density at radius 2 is 1.96 bits per heavy atom. The van der Waals surface area contributed by atoms with Gasteiger partial charge in [0, 0.05) is 13.0 Å². The Morgan fingerprint density at radius 3 is 2.58 bits per heavy atom. The molecule has 1 heterocycles. The molecule has 1 aliphatic heterocycles. The molecule has 0 aliphatic carbocycles. The number of nitrogens with zero attached hydrogens (tertiary/aromatic N) is 1. The van der Waals surface area contributed by atoms with Gasteiger partial charge in [0.05, 0.1) is 12.6 Å². The molecule has 0 radical (unpaired) electrons. The van der Waals surface area contributed by atoms with Crippen LogP contribution in [-0.4, -0.2) is 41.5 Å². The maximum atomic E-state index is 12.5. The summed E-state index contributed by atoms with van der Waals surface area (Å²) in [6.45, 7) is 6.22. The van der Waals surface area contributed by atoms with Crippen LogP contribution in [0.4, 0.5) is 0 Å². The molecule has 1 saturated heterocycles. The number of hydrogen-bond donors (Lipinski definition) is 2. The monoisotopic (exact) mass is 382 g/mol. The molecular formula is C20H31ClN2O3. The Labute approximate surface area is 162 Å². The zero-order chi connectivity index (χ0) is 18.2. The number of rotatable bonds is 8. The third-order valence-corrected chi connectivity index (χ3v) is 4.68. The molecular weight excluding hydrogens is 352 g/mol. The molecule has 0 bridgehead atoms. The lowest BCUT2D eigenvalue weighted by atomic mass is 9.94. The minimum absolute atomic E-state index is 0. The number of halogens is 1. The van der Waals surface area contributed by atoms with E-state index in [-0.39, 0.29) is 36.7 Å². The number of hydrogen-bond acceptors (Lipinski definition) is 3. The number of amides is 1. The van der Waals surface area contributed by atoms with Gasteiger partial charge in [0.2, 0.25) is 5.91 Å². The standard InChI is InChI=1S/C20H30N2O3.ClH/c1-15(2)11-18(17-8-4-3-5-9-17)21-19(23)14-22-10-6-7-16(13-22)12-20(24)25;/h3-5,8-9,15-16,18H,6-7,10-14H2,1-2H3,(H,21,23)(H,24,25);1H. The van der Waals surface area contributed by atoms with Gasteiger partial charge in [0.15, 0.2) is 0 Å². The fraction of sp³-hybridized carbons (Fsp3) is 0.600. The summed E-state index contributed by atoms with van der Waals surface area (Å²) < 4.78 is 0. The predicted octanol–water partition coefficient (Wildman–Crippen LogP) is 3.50. The van der Waals surface area contributed by atoms with Crippen LogP contribution in [0.25, 0.3) is 0 Å². The van der Waals surface area contributed by atoms with Gasteiger partial charge in [-0.25, -0.2) is 0 Å². The molecule has 26 heavy (non-hydrogen) atoms. The minimum atomic E-state index is -0.752. The van der Waals surface area contributed by atoms with Gasteiger partial charge in [0.1, 0.15) is 0 Å². The summed E-state index contributed by atoms with van der Waals surface area (Å²) in [7, 11) is 0. The van der Waals surface area contributed by atoms with Crippen LogP contribution in [0.2, 0.25) is 0 Å². The highest BCUT2D eigenvalue weighted by atomic mass is 35.5. The smallest absolute Gasteiger partial charge is 0.303 e. The fourth-order valence-electron chi connectivity index (χ4n) is 3.59. The number of benzene rings is 1. The Morgan fingerprint density at radius 1 is 1.27 bits per heavy atom. The van der Waals surface area contributed by atoms with E-state index in [0.717, 1.165) is 31.4 Å². The Kier molecular flexibility index (Phi) is 9.66. The lowest BCUT2D eigenvalue weighted by molar-refractivity contribution is -0.138. The van der Waals surface area contributed by atoms with Crippen LogP contribution in [-0.2, 0) is 9.59 Å². The molecule has 1 aromatic rings. The van der Waals surface area contributed by atoms with E-state index in [9.17, 15) is 9.59 Å². The molecule has 2 rings (SSSR count). The molecule has 1 amide bonds. The summed E-state index contributed by atoms with van der Waals surface area (Å²) in [5.41, 5.74) is 1.13. The first-order valence-electron chi connectivity index (χ1n) is 9.22. The van der Waals surface area contributed by atoms with Crippen LogP contribution in [0.15, 0.2) is 30.3 Å². The Balaban J connectivity index is 0.00000338. The average molecular weight is 383 g/mol. The summed E-state index contributed by atoms with van der Waals surface area (Å²) in [6.07, 6.45) is 2.99. The number of aliphatic carboxylic acids is 1. The molecule has 5 nitrogen and oxygen atoms in total. The highest BCUT2D eigenvalue weighted by molar-refractivity contribution is 5.85. The molecule has 2 N–H and O–H groups in total. The number of carbonyl (C=O) groups excluding carboxylic acids is 1. The molecule has 1 aromatic carbocycles. The molecule has 6 heteroatoms. The Hall–Kier alpha value is -1.59. The van der Waals surface area contributed by atoms with Gasteiger partial charge in [0.25, 0.3) is 0 Å².